The molecule has 2 aromatic rings. The van der Waals surface area contributed by atoms with Gasteiger partial charge >= 0.3 is 0 Å². The zero-order chi connectivity index (χ0) is 9.10. The molecule has 0 spiro atoms. The van der Waals surface area contributed by atoms with Crippen LogP contribution in [0.3, 0.4) is 0 Å². The quantitative estimate of drug-likeness (QED) is 0.747. The van der Waals surface area contributed by atoms with E-state index in [0.29, 0.717) is 0 Å². The van der Waals surface area contributed by atoms with E-state index < -0.39 is 0 Å². The van der Waals surface area contributed by atoms with E-state index in [1.54, 1.807) is 17.7 Å². The Morgan fingerprint density at radius 2 is 2.31 bits per heavy atom. The molecule has 2 nitrogen and oxygen atoms in total. The predicted molar refractivity (Wildman–Crippen MR) is 56.0 cm³/mol. The molecule has 0 saturated carbocycles. The molecule has 2 aromatic heterocycles. The van der Waals surface area contributed by atoms with E-state index in [1.807, 2.05) is 0 Å². The molecule has 0 fully saturated rings. The van der Waals surface area contributed by atoms with Crippen LogP contribution >= 0.6 is 11.3 Å². The topological polar surface area (TPSA) is 25.8 Å². The van der Waals surface area contributed by atoms with Crippen molar-refractivity contribution in [1.82, 2.24) is 9.97 Å². The minimum absolute atomic E-state index is 1.08. The van der Waals surface area contributed by atoms with E-state index in [0.717, 1.165) is 11.9 Å². The Morgan fingerprint density at radius 1 is 1.38 bits per heavy atom. The first-order valence-corrected chi connectivity index (χ1v) is 5.47. The van der Waals surface area contributed by atoms with Crippen LogP contribution in [0.25, 0.3) is 10.2 Å². The summed E-state index contributed by atoms with van der Waals surface area (Å²) < 4.78 is 1.26. The molecule has 0 N–H and O–H groups in total. The summed E-state index contributed by atoms with van der Waals surface area (Å²) in [5, 5.41) is 2.08. The molecule has 0 aromatic carbocycles. The van der Waals surface area contributed by atoms with Crippen molar-refractivity contribution in [2.45, 2.75) is 26.2 Å². The van der Waals surface area contributed by atoms with Crippen molar-refractivity contribution < 1.29 is 0 Å². The number of aromatic nitrogens is 2. The van der Waals surface area contributed by atoms with Gasteiger partial charge in [-0.15, -0.1) is 11.3 Å². The van der Waals surface area contributed by atoms with Gasteiger partial charge in [0.1, 0.15) is 6.33 Å². The van der Waals surface area contributed by atoms with Crippen molar-refractivity contribution in [2.24, 2.45) is 0 Å². The molecule has 0 saturated heterocycles. The van der Waals surface area contributed by atoms with Crippen molar-refractivity contribution in [3.8, 4) is 0 Å². The molecule has 0 aliphatic rings. The van der Waals surface area contributed by atoms with Crippen LogP contribution in [0.15, 0.2) is 17.8 Å². The third kappa shape index (κ3) is 1.70. The van der Waals surface area contributed by atoms with Gasteiger partial charge in [0.15, 0.2) is 0 Å². The van der Waals surface area contributed by atoms with Crippen molar-refractivity contribution >= 4 is 21.6 Å². The molecular weight excluding hydrogens is 180 g/mol. The van der Waals surface area contributed by atoms with Gasteiger partial charge in [-0.2, -0.15) is 0 Å². The molecule has 3 heteroatoms. The highest BCUT2D eigenvalue weighted by atomic mass is 32.1. The summed E-state index contributed by atoms with van der Waals surface area (Å²) in [7, 11) is 0. The molecule has 0 amide bonds. The number of hydrogen-bond acceptors (Lipinski definition) is 3. The molecule has 0 aliphatic heterocycles. The summed E-state index contributed by atoms with van der Waals surface area (Å²) in [4.78, 5) is 8.53. The van der Waals surface area contributed by atoms with Crippen LogP contribution in [-0.4, -0.2) is 9.97 Å². The zero-order valence-electron chi connectivity index (χ0n) is 7.66. The van der Waals surface area contributed by atoms with E-state index in [-0.39, 0.29) is 0 Å². The van der Waals surface area contributed by atoms with E-state index in [2.05, 4.69) is 28.3 Å². The SMILES string of the molecule is CCCCc1ncnc2ccsc12. The number of fused-ring (bicyclic) bond motifs is 1. The molecule has 0 aliphatic carbocycles. The highest BCUT2D eigenvalue weighted by molar-refractivity contribution is 7.17. The summed E-state index contributed by atoms with van der Waals surface area (Å²) in [6.45, 7) is 2.20. The van der Waals surface area contributed by atoms with Crippen LogP contribution in [0.1, 0.15) is 25.5 Å². The highest BCUT2D eigenvalue weighted by Gasteiger charge is 2.03. The summed E-state index contributed by atoms with van der Waals surface area (Å²) in [5.41, 5.74) is 2.30. The largest absolute Gasteiger partial charge is 0.240 e. The summed E-state index contributed by atoms with van der Waals surface area (Å²) in [6, 6.07) is 2.05. The number of unbranched alkanes of at least 4 members (excludes halogenated alkanes) is 1. The predicted octanol–water partition coefficient (Wildman–Crippen LogP) is 3.03. The highest BCUT2D eigenvalue weighted by Crippen LogP contribution is 2.22. The first kappa shape index (κ1) is 8.63. The van der Waals surface area contributed by atoms with Crippen molar-refractivity contribution in [3.05, 3.63) is 23.5 Å². The summed E-state index contributed by atoms with van der Waals surface area (Å²) in [5.74, 6) is 0. The number of rotatable bonds is 3. The molecule has 0 unspecified atom stereocenters. The molecule has 0 radical (unpaired) electrons. The lowest BCUT2D eigenvalue weighted by molar-refractivity contribution is 0.781. The maximum absolute atomic E-state index is 4.32. The fourth-order valence-electron chi connectivity index (χ4n) is 1.36. The van der Waals surface area contributed by atoms with Gasteiger partial charge in [0.25, 0.3) is 0 Å². The summed E-state index contributed by atoms with van der Waals surface area (Å²) in [6.07, 6.45) is 5.18. The van der Waals surface area contributed by atoms with Crippen molar-refractivity contribution in [2.75, 3.05) is 0 Å². The number of hydrogen-bond donors (Lipinski definition) is 0. The van der Waals surface area contributed by atoms with Crippen LogP contribution in [0, 0.1) is 0 Å². The van der Waals surface area contributed by atoms with E-state index >= 15 is 0 Å². The second-order valence-electron chi connectivity index (χ2n) is 3.06. The molecule has 0 bridgehead atoms. The monoisotopic (exact) mass is 192 g/mol. The van der Waals surface area contributed by atoms with E-state index in [1.165, 1.54) is 23.2 Å². The standard InChI is InChI=1S/C10H12N2S/c1-2-3-4-8-10-9(5-6-13-10)12-7-11-8/h5-7H,2-4H2,1H3. The Kier molecular flexibility index (Phi) is 2.54. The zero-order valence-corrected chi connectivity index (χ0v) is 8.47. The minimum Gasteiger partial charge on any atom is -0.240 e. The van der Waals surface area contributed by atoms with Gasteiger partial charge in [0.2, 0.25) is 0 Å². The normalized spacial score (nSPS) is 10.8. The van der Waals surface area contributed by atoms with Crippen LogP contribution in [0.5, 0.6) is 0 Å². The Balaban J connectivity index is 2.37. The minimum atomic E-state index is 1.08. The van der Waals surface area contributed by atoms with Gasteiger partial charge in [0, 0.05) is 0 Å². The first-order valence-electron chi connectivity index (χ1n) is 4.59. The van der Waals surface area contributed by atoms with Crippen LogP contribution in [0.2, 0.25) is 0 Å². The number of nitrogens with zero attached hydrogens (tertiary/aromatic N) is 2. The average Bonchev–Trinajstić information content (AvgIpc) is 2.62. The van der Waals surface area contributed by atoms with Gasteiger partial charge < -0.3 is 0 Å². The lowest BCUT2D eigenvalue weighted by Crippen LogP contribution is -1.90. The fourth-order valence-corrected chi connectivity index (χ4v) is 2.23. The Hall–Kier alpha value is -0.960. The molecule has 68 valence electrons. The first-order chi connectivity index (χ1) is 6.42. The smallest absolute Gasteiger partial charge is 0.116 e. The maximum Gasteiger partial charge on any atom is 0.116 e. The lowest BCUT2D eigenvalue weighted by Gasteiger charge is -1.98. The van der Waals surface area contributed by atoms with E-state index in [4.69, 9.17) is 0 Å². The van der Waals surface area contributed by atoms with Crippen molar-refractivity contribution in [1.29, 1.82) is 0 Å². The van der Waals surface area contributed by atoms with Gasteiger partial charge in [0.05, 0.1) is 15.9 Å². The second kappa shape index (κ2) is 3.83. The Bertz CT molecular complexity index is 394. The molecule has 13 heavy (non-hydrogen) atoms. The van der Waals surface area contributed by atoms with Gasteiger partial charge in [-0.05, 0) is 24.3 Å². The van der Waals surface area contributed by atoms with Gasteiger partial charge in [-0.25, -0.2) is 9.97 Å². The average molecular weight is 192 g/mol. The molecule has 0 atom stereocenters. The van der Waals surface area contributed by atoms with Crippen molar-refractivity contribution in [3.63, 3.8) is 0 Å². The van der Waals surface area contributed by atoms with Gasteiger partial charge in [-0.1, -0.05) is 13.3 Å². The number of aryl methyl sites for hydroxylation is 1. The van der Waals surface area contributed by atoms with Gasteiger partial charge in [-0.3, -0.25) is 0 Å². The van der Waals surface area contributed by atoms with Crippen LogP contribution < -0.4 is 0 Å². The fraction of sp³-hybridized carbons (Fsp3) is 0.400. The molecule has 2 heterocycles. The summed E-state index contributed by atoms with van der Waals surface area (Å²) >= 11 is 1.74. The van der Waals surface area contributed by atoms with Crippen LogP contribution in [0.4, 0.5) is 0 Å². The van der Waals surface area contributed by atoms with E-state index in [9.17, 15) is 0 Å². The third-order valence-electron chi connectivity index (χ3n) is 2.08. The lowest BCUT2D eigenvalue weighted by atomic mass is 10.2. The molecular formula is C10H12N2S. The number of thiophene rings is 1. The van der Waals surface area contributed by atoms with Crippen LogP contribution in [-0.2, 0) is 6.42 Å². The third-order valence-corrected chi connectivity index (χ3v) is 3.04. The Labute approximate surface area is 81.7 Å². The molecule has 2 rings (SSSR count). The second-order valence-corrected chi connectivity index (χ2v) is 3.97. The maximum atomic E-state index is 4.32. The Morgan fingerprint density at radius 3 is 3.15 bits per heavy atom.